The van der Waals surface area contributed by atoms with Crippen molar-refractivity contribution in [1.82, 2.24) is 5.32 Å². The number of halogens is 2. The van der Waals surface area contributed by atoms with Crippen LogP contribution in [0.2, 0.25) is 0 Å². The lowest BCUT2D eigenvalue weighted by molar-refractivity contribution is 0.252. The normalized spacial score (nSPS) is 10.4. The first-order valence-electron chi connectivity index (χ1n) is 7.02. The predicted octanol–water partition coefficient (Wildman–Crippen LogP) is 4.57. The van der Waals surface area contributed by atoms with Gasteiger partial charge in [-0.3, -0.25) is 0 Å². The van der Waals surface area contributed by atoms with Gasteiger partial charge in [-0.25, -0.2) is 9.18 Å². The number of amides is 2. The Hall–Kier alpha value is -1.88. The van der Waals surface area contributed by atoms with Crippen LogP contribution in [0.15, 0.2) is 40.9 Å². The number of aryl methyl sites for hydroxylation is 2. The van der Waals surface area contributed by atoms with Crippen molar-refractivity contribution < 1.29 is 9.18 Å². The van der Waals surface area contributed by atoms with E-state index >= 15 is 0 Å². The van der Waals surface area contributed by atoms with Gasteiger partial charge in [-0.1, -0.05) is 28.1 Å². The molecule has 0 heterocycles. The third-order valence-electron chi connectivity index (χ3n) is 3.32. The van der Waals surface area contributed by atoms with Crippen LogP contribution in [0.4, 0.5) is 14.9 Å². The molecule has 0 unspecified atom stereocenters. The average molecular weight is 365 g/mol. The lowest BCUT2D eigenvalue weighted by Crippen LogP contribution is -2.31. The Labute approximate surface area is 138 Å². The molecule has 22 heavy (non-hydrogen) atoms. The number of urea groups is 1. The summed E-state index contributed by atoms with van der Waals surface area (Å²) in [5.41, 5.74) is 3.65. The summed E-state index contributed by atoms with van der Waals surface area (Å²) < 4.78 is 14.0. The SMILES string of the molecule is Cc1cc(Br)cc(C)c1NC(=O)NCCc1cccc(F)c1. The summed E-state index contributed by atoms with van der Waals surface area (Å²) in [6.07, 6.45) is 0.587. The van der Waals surface area contributed by atoms with Gasteiger partial charge in [-0.05, 0) is 61.2 Å². The molecule has 2 amide bonds. The number of anilines is 1. The monoisotopic (exact) mass is 364 g/mol. The quantitative estimate of drug-likeness (QED) is 0.819. The molecule has 0 radical (unpaired) electrons. The molecule has 2 rings (SSSR count). The molecular weight excluding hydrogens is 347 g/mol. The van der Waals surface area contributed by atoms with Crippen LogP contribution in [0, 0.1) is 19.7 Å². The van der Waals surface area contributed by atoms with Crippen LogP contribution in [-0.2, 0) is 6.42 Å². The number of carbonyl (C=O) groups excluding carboxylic acids is 1. The third-order valence-corrected chi connectivity index (χ3v) is 3.78. The lowest BCUT2D eigenvalue weighted by atomic mass is 10.1. The highest BCUT2D eigenvalue weighted by Crippen LogP contribution is 2.24. The number of rotatable bonds is 4. The van der Waals surface area contributed by atoms with Crippen LogP contribution >= 0.6 is 15.9 Å². The Morgan fingerprint density at radius 2 is 1.86 bits per heavy atom. The van der Waals surface area contributed by atoms with Crippen molar-refractivity contribution in [3.63, 3.8) is 0 Å². The minimum absolute atomic E-state index is 0.259. The Morgan fingerprint density at radius 1 is 1.18 bits per heavy atom. The fraction of sp³-hybridized carbons (Fsp3) is 0.235. The molecule has 0 aliphatic carbocycles. The molecule has 0 aliphatic heterocycles. The zero-order valence-electron chi connectivity index (χ0n) is 12.5. The molecule has 0 saturated carbocycles. The van der Waals surface area contributed by atoms with Gasteiger partial charge in [0.05, 0.1) is 0 Å². The molecular formula is C17H18BrFN2O. The molecule has 0 aromatic heterocycles. The summed E-state index contributed by atoms with van der Waals surface area (Å²) in [5, 5.41) is 5.64. The van der Waals surface area contributed by atoms with Gasteiger partial charge in [-0.2, -0.15) is 0 Å². The highest BCUT2D eigenvalue weighted by Gasteiger charge is 2.08. The average Bonchev–Trinajstić information content (AvgIpc) is 2.43. The van der Waals surface area contributed by atoms with Gasteiger partial charge in [0.1, 0.15) is 5.82 Å². The van der Waals surface area contributed by atoms with Crippen molar-refractivity contribution in [2.75, 3.05) is 11.9 Å². The van der Waals surface area contributed by atoms with Crippen molar-refractivity contribution >= 4 is 27.6 Å². The van der Waals surface area contributed by atoms with Gasteiger partial charge < -0.3 is 10.6 Å². The molecule has 3 nitrogen and oxygen atoms in total. The maximum Gasteiger partial charge on any atom is 0.319 e. The maximum atomic E-state index is 13.1. The number of nitrogens with one attached hydrogen (secondary N) is 2. The second-order valence-electron chi connectivity index (χ2n) is 5.18. The van der Waals surface area contributed by atoms with Gasteiger partial charge >= 0.3 is 6.03 Å². The fourth-order valence-electron chi connectivity index (χ4n) is 2.28. The predicted molar refractivity (Wildman–Crippen MR) is 90.7 cm³/mol. The molecule has 0 saturated heterocycles. The molecule has 2 N–H and O–H groups in total. The van der Waals surface area contributed by atoms with E-state index in [9.17, 15) is 9.18 Å². The largest absolute Gasteiger partial charge is 0.338 e. The Bertz CT molecular complexity index is 665. The fourth-order valence-corrected chi connectivity index (χ4v) is 2.97. The standard InChI is InChI=1S/C17H18BrFN2O/c1-11-8-14(18)9-12(2)16(11)21-17(22)20-7-6-13-4-3-5-15(19)10-13/h3-5,8-10H,6-7H2,1-2H3,(H2,20,21,22). The third kappa shape index (κ3) is 4.56. The van der Waals surface area contributed by atoms with E-state index < -0.39 is 0 Å². The molecule has 0 spiro atoms. The Balaban J connectivity index is 1.89. The van der Waals surface area contributed by atoms with E-state index in [2.05, 4.69) is 26.6 Å². The number of hydrogen-bond acceptors (Lipinski definition) is 1. The highest BCUT2D eigenvalue weighted by molar-refractivity contribution is 9.10. The van der Waals surface area contributed by atoms with Crippen LogP contribution in [-0.4, -0.2) is 12.6 Å². The van der Waals surface area contributed by atoms with Gasteiger partial charge in [-0.15, -0.1) is 0 Å². The zero-order chi connectivity index (χ0) is 16.1. The van der Waals surface area contributed by atoms with Crippen LogP contribution in [0.5, 0.6) is 0 Å². The number of carbonyl (C=O) groups is 1. The van der Waals surface area contributed by atoms with Crippen molar-refractivity contribution in [1.29, 1.82) is 0 Å². The van der Waals surface area contributed by atoms with E-state index in [0.29, 0.717) is 13.0 Å². The second kappa shape index (κ2) is 7.40. The van der Waals surface area contributed by atoms with Gasteiger partial charge in [0.25, 0.3) is 0 Å². The van der Waals surface area contributed by atoms with Crippen LogP contribution in [0.25, 0.3) is 0 Å². The first-order chi connectivity index (χ1) is 10.5. The summed E-state index contributed by atoms with van der Waals surface area (Å²) in [5.74, 6) is -0.261. The van der Waals surface area contributed by atoms with Crippen molar-refractivity contribution in [2.45, 2.75) is 20.3 Å². The van der Waals surface area contributed by atoms with Crippen molar-refractivity contribution in [3.05, 3.63) is 63.4 Å². The first kappa shape index (κ1) is 16.5. The van der Waals surface area contributed by atoms with Crippen LogP contribution in [0.3, 0.4) is 0 Å². The maximum absolute atomic E-state index is 13.1. The number of hydrogen-bond donors (Lipinski definition) is 2. The summed E-state index contributed by atoms with van der Waals surface area (Å²) in [4.78, 5) is 12.0. The molecule has 2 aromatic rings. The molecule has 0 aliphatic rings. The summed E-state index contributed by atoms with van der Waals surface area (Å²) in [6.45, 7) is 4.34. The Kier molecular flexibility index (Phi) is 5.55. The lowest BCUT2D eigenvalue weighted by Gasteiger charge is -2.13. The minimum atomic E-state index is -0.261. The summed E-state index contributed by atoms with van der Waals surface area (Å²) >= 11 is 3.43. The molecule has 2 aromatic carbocycles. The molecule has 116 valence electrons. The highest BCUT2D eigenvalue weighted by atomic mass is 79.9. The van der Waals surface area contributed by atoms with Crippen LogP contribution < -0.4 is 10.6 Å². The van der Waals surface area contributed by atoms with Gasteiger partial charge in [0.15, 0.2) is 0 Å². The summed E-state index contributed by atoms with van der Waals surface area (Å²) in [7, 11) is 0. The smallest absolute Gasteiger partial charge is 0.319 e. The molecule has 0 fully saturated rings. The minimum Gasteiger partial charge on any atom is -0.338 e. The topological polar surface area (TPSA) is 41.1 Å². The summed E-state index contributed by atoms with van der Waals surface area (Å²) in [6, 6.07) is 10.0. The van der Waals surface area contributed by atoms with E-state index in [1.807, 2.05) is 32.0 Å². The van der Waals surface area contributed by atoms with Gasteiger partial charge in [0, 0.05) is 16.7 Å². The van der Waals surface area contributed by atoms with E-state index in [4.69, 9.17) is 0 Å². The van der Waals surface area contributed by atoms with E-state index in [0.717, 1.165) is 26.9 Å². The van der Waals surface area contributed by atoms with Gasteiger partial charge in [0.2, 0.25) is 0 Å². The molecule has 0 bridgehead atoms. The molecule has 0 atom stereocenters. The van der Waals surface area contributed by atoms with E-state index in [-0.39, 0.29) is 11.8 Å². The number of benzene rings is 2. The van der Waals surface area contributed by atoms with Crippen LogP contribution in [0.1, 0.15) is 16.7 Å². The first-order valence-corrected chi connectivity index (χ1v) is 7.81. The van der Waals surface area contributed by atoms with E-state index in [1.54, 1.807) is 6.07 Å². The van der Waals surface area contributed by atoms with E-state index in [1.165, 1.54) is 12.1 Å². The second-order valence-corrected chi connectivity index (χ2v) is 6.09. The van der Waals surface area contributed by atoms with Crippen molar-refractivity contribution in [3.8, 4) is 0 Å². The molecule has 5 heteroatoms. The zero-order valence-corrected chi connectivity index (χ0v) is 14.1. The van der Waals surface area contributed by atoms with Crippen molar-refractivity contribution in [2.24, 2.45) is 0 Å². The Morgan fingerprint density at radius 3 is 2.50 bits per heavy atom.